The molecule has 1 aromatic heterocycles. The van der Waals surface area contributed by atoms with Gasteiger partial charge in [0.2, 0.25) is 5.95 Å². The van der Waals surface area contributed by atoms with E-state index in [4.69, 9.17) is 5.73 Å². The third-order valence-corrected chi connectivity index (χ3v) is 5.11. The lowest BCUT2D eigenvalue weighted by molar-refractivity contribution is 0.100. The number of hydrazine groups is 2. The molecule has 2 aromatic rings. The summed E-state index contributed by atoms with van der Waals surface area (Å²) in [5.74, 6) is -0.0437. The molecule has 4 rings (SSSR count). The molecule has 6 N–H and O–H groups in total. The number of nitrogens with one attached hydrogen (secondary N) is 4. The Morgan fingerprint density at radius 3 is 2.93 bits per heavy atom. The van der Waals surface area contributed by atoms with Gasteiger partial charge in [0.05, 0.1) is 11.7 Å². The predicted octanol–water partition coefficient (Wildman–Crippen LogP) is 2.11. The van der Waals surface area contributed by atoms with Crippen molar-refractivity contribution in [1.29, 1.82) is 0 Å². The second-order valence-electron chi connectivity index (χ2n) is 7.15. The molecular weight excluding hydrogens is 386 g/mol. The number of amides is 1. The minimum atomic E-state index is -0.640. The molecule has 0 saturated heterocycles. The van der Waals surface area contributed by atoms with Gasteiger partial charge in [0.1, 0.15) is 17.4 Å². The Kier molecular flexibility index (Phi) is 5.70. The number of hydrogen-bond acceptors (Lipinski definition) is 10. The zero-order valence-corrected chi connectivity index (χ0v) is 16.2. The second-order valence-corrected chi connectivity index (χ2v) is 7.15. The highest BCUT2D eigenvalue weighted by molar-refractivity contribution is 5.98. The molecule has 1 amide bonds. The van der Waals surface area contributed by atoms with Crippen LogP contribution in [-0.2, 0) is 0 Å². The number of nitrogens with two attached hydrogens (primary N) is 1. The van der Waals surface area contributed by atoms with Crippen molar-refractivity contribution in [1.82, 2.24) is 20.9 Å². The van der Waals surface area contributed by atoms with Crippen LogP contribution in [0, 0.1) is 4.91 Å². The smallest absolute Gasteiger partial charge is 0.254 e. The summed E-state index contributed by atoms with van der Waals surface area (Å²) in [6, 6.07) is 7.08. The van der Waals surface area contributed by atoms with Crippen molar-refractivity contribution < 1.29 is 4.79 Å². The third-order valence-electron chi connectivity index (χ3n) is 5.11. The molecule has 1 aliphatic carbocycles. The van der Waals surface area contributed by atoms with Crippen LogP contribution in [0.1, 0.15) is 36.0 Å². The molecule has 2 aliphatic rings. The Hall–Kier alpha value is -3.73. The maximum atomic E-state index is 11.9. The molecule has 11 heteroatoms. The Labute approximate surface area is 173 Å². The number of rotatable bonds is 7. The molecule has 0 unspecified atom stereocenters. The van der Waals surface area contributed by atoms with E-state index in [-0.39, 0.29) is 23.5 Å². The van der Waals surface area contributed by atoms with E-state index in [1.54, 1.807) is 11.2 Å². The van der Waals surface area contributed by atoms with E-state index >= 15 is 0 Å². The molecule has 2 heterocycles. The van der Waals surface area contributed by atoms with Crippen LogP contribution in [0.25, 0.3) is 0 Å². The lowest BCUT2D eigenvalue weighted by Crippen LogP contribution is -2.35. The molecule has 1 aliphatic heterocycles. The summed E-state index contributed by atoms with van der Waals surface area (Å²) >= 11 is 0. The zero-order chi connectivity index (χ0) is 20.9. The van der Waals surface area contributed by atoms with Crippen LogP contribution in [-0.4, -0.2) is 28.0 Å². The van der Waals surface area contributed by atoms with Crippen LogP contribution in [0.2, 0.25) is 0 Å². The summed E-state index contributed by atoms with van der Waals surface area (Å²) in [5, 5.41) is 11.4. The lowest BCUT2D eigenvalue weighted by atomic mass is 9.91. The topological polar surface area (TPSA) is 150 Å². The van der Waals surface area contributed by atoms with Gasteiger partial charge in [0, 0.05) is 24.3 Å². The number of hydrogen-bond donors (Lipinski definition) is 5. The van der Waals surface area contributed by atoms with Crippen LogP contribution in [0.5, 0.6) is 0 Å². The number of carbonyl (C=O) groups excluding carboxylic acids is 1. The fourth-order valence-electron chi connectivity index (χ4n) is 3.58. The number of aromatic nitrogens is 2. The summed E-state index contributed by atoms with van der Waals surface area (Å²) in [7, 11) is 0. The number of benzene rings is 1. The number of nitrogens with zero attached hydrogens (tertiary/aromatic N) is 4. The van der Waals surface area contributed by atoms with Gasteiger partial charge in [-0.25, -0.2) is 4.98 Å². The van der Waals surface area contributed by atoms with Crippen LogP contribution < -0.4 is 32.3 Å². The normalized spacial score (nSPS) is 20.5. The average Bonchev–Trinajstić information content (AvgIpc) is 3.29. The maximum Gasteiger partial charge on any atom is 0.254 e. The Morgan fingerprint density at radius 2 is 2.17 bits per heavy atom. The van der Waals surface area contributed by atoms with E-state index in [9.17, 15) is 9.70 Å². The van der Waals surface area contributed by atoms with Gasteiger partial charge in [-0.2, -0.15) is 9.89 Å². The Balaban J connectivity index is 1.57. The molecule has 0 spiro atoms. The summed E-state index contributed by atoms with van der Waals surface area (Å²) in [4.78, 5) is 31.7. The fraction of sp³-hybridized carbons (Fsp3) is 0.316. The third kappa shape index (κ3) is 4.30. The Morgan fingerprint density at radius 1 is 1.30 bits per heavy atom. The van der Waals surface area contributed by atoms with Gasteiger partial charge in [0.25, 0.3) is 5.91 Å². The van der Waals surface area contributed by atoms with E-state index in [2.05, 4.69) is 36.7 Å². The van der Waals surface area contributed by atoms with Crippen LogP contribution in [0.15, 0.2) is 48.0 Å². The summed E-state index contributed by atoms with van der Waals surface area (Å²) in [6.07, 6.45) is 8.52. The van der Waals surface area contributed by atoms with Gasteiger partial charge in [-0.05, 0) is 31.0 Å². The van der Waals surface area contributed by atoms with E-state index < -0.39 is 5.91 Å². The minimum absolute atomic E-state index is 0.132. The lowest BCUT2D eigenvalue weighted by Gasteiger charge is -2.27. The van der Waals surface area contributed by atoms with Crippen molar-refractivity contribution in [2.24, 2.45) is 10.9 Å². The number of anilines is 4. The van der Waals surface area contributed by atoms with Gasteiger partial charge in [0.15, 0.2) is 0 Å². The summed E-state index contributed by atoms with van der Waals surface area (Å²) in [6.45, 7) is 0. The summed E-state index contributed by atoms with van der Waals surface area (Å²) < 4.78 is 0. The molecule has 1 aromatic carbocycles. The van der Waals surface area contributed by atoms with Gasteiger partial charge in [-0.1, -0.05) is 24.1 Å². The molecule has 2 atom stereocenters. The van der Waals surface area contributed by atoms with Crippen molar-refractivity contribution in [2.75, 3.05) is 15.6 Å². The fourth-order valence-corrected chi connectivity index (χ4v) is 3.58. The van der Waals surface area contributed by atoms with Crippen molar-refractivity contribution in [2.45, 2.75) is 37.8 Å². The molecule has 1 fully saturated rings. The van der Waals surface area contributed by atoms with Crippen molar-refractivity contribution in [3.8, 4) is 0 Å². The average molecular weight is 409 g/mol. The molecule has 0 radical (unpaired) electrons. The predicted molar refractivity (Wildman–Crippen MR) is 114 cm³/mol. The van der Waals surface area contributed by atoms with Crippen LogP contribution in [0.4, 0.5) is 23.1 Å². The van der Waals surface area contributed by atoms with Crippen LogP contribution >= 0.6 is 0 Å². The quantitative estimate of drug-likeness (QED) is 0.433. The minimum Gasteiger partial charge on any atom is -0.365 e. The Bertz CT molecular complexity index is 965. The second kappa shape index (κ2) is 8.74. The van der Waals surface area contributed by atoms with E-state index in [1.807, 2.05) is 30.5 Å². The molecule has 156 valence electrons. The molecule has 1 saturated carbocycles. The standard InChI is InChI=1S/C19H23N9O2/c20-17(29)14-11-21-19(24-15-6-1-2-7-16(15)26-30)25-18(14)23-12-4-3-5-13(10-12)28-9-8-22-27-28/h3-5,8-11,15-16,22,27H,1-2,6-7H2,(H2,20,29)(H2,21,23,24,25)/t15-,16+/m1/s1. The first-order valence-corrected chi connectivity index (χ1v) is 9.74. The van der Waals surface area contributed by atoms with Crippen LogP contribution in [0.3, 0.4) is 0 Å². The number of carbonyl (C=O) groups is 1. The molecule has 30 heavy (non-hydrogen) atoms. The van der Waals surface area contributed by atoms with Crippen molar-refractivity contribution >= 4 is 29.0 Å². The van der Waals surface area contributed by atoms with E-state index in [0.717, 1.165) is 31.4 Å². The monoisotopic (exact) mass is 409 g/mol. The van der Waals surface area contributed by atoms with E-state index in [1.165, 1.54) is 6.20 Å². The SMILES string of the molecule is NC(=O)c1cnc(N[C@@H]2CCCC[C@@H]2N=O)nc1Nc1cccc(N2C=CNN2)c1. The highest BCUT2D eigenvalue weighted by Gasteiger charge is 2.27. The van der Waals surface area contributed by atoms with Crippen molar-refractivity contribution in [3.05, 3.63) is 53.3 Å². The highest BCUT2D eigenvalue weighted by atomic mass is 16.3. The number of nitroso groups, excluding NO2 is 1. The maximum absolute atomic E-state index is 11.9. The first-order valence-electron chi connectivity index (χ1n) is 9.74. The first-order chi connectivity index (χ1) is 14.6. The molecular formula is C19H23N9O2. The van der Waals surface area contributed by atoms with Gasteiger partial charge in [-0.3, -0.25) is 9.80 Å². The highest BCUT2D eigenvalue weighted by Crippen LogP contribution is 2.26. The molecule has 11 nitrogen and oxygen atoms in total. The first kappa shape index (κ1) is 19.6. The zero-order valence-electron chi connectivity index (χ0n) is 16.2. The summed E-state index contributed by atoms with van der Waals surface area (Å²) in [5.41, 5.74) is 13.1. The number of primary amides is 1. The van der Waals surface area contributed by atoms with Gasteiger partial charge >= 0.3 is 0 Å². The van der Waals surface area contributed by atoms with E-state index in [0.29, 0.717) is 11.6 Å². The largest absolute Gasteiger partial charge is 0.365 e. The van der Waals surface area contributed by atoms with Gasteiger partial charge in [-0.15, -0.1) is 5.53 Å². The van der Waals surface area contributed by atoms with Gasteiger partial charge < -0.3 is 21.8 Å². The van der Waals surface area contributed by atoms with Crippen molar-refractivity contribution in [3.63, 3.8) is 0 Å². The molecule has 0 bridgehead atoms.